The van der Waals surface area contributed by atoms with Gasteiger partial charge in [0.15, 0.2) is 0 Å². The van der Waals surface area contributed by atoms with E-state index in [1.807, 2.05) is 0 Å². The van der Waals surface area contributed by atoms with Gasteiger partial charge in [-0.2, -0.15) is 0 Å². The van der Waals surface area contributed by atoms with E-state index in [9.17, 15) is 0 Å². The maximum Gasteiger partial charge on any atom is 0.494 e. The molecule has 0 saturated carbocycles. The van der Waals surface area contributed by atoms with E-state index in [-0.39, 0.29) is 18.3 Å². The van der Waals surface area contributed by atoms with Crippen molar-refractivity contribution in [1.82, 2.24) is 4.57 Å². The standard InChI is InChI=1S/C30H30BNO2/c1-29(2)30(3,4)34-31(33-29)22-18-19-27-26(20-22)25-17-11-16-24(21-12-7-5-8-13-21)28(25)32(27)23-14-9-6-10-15-23/h5,7-9,11-20H,6,10H2,1-4H3. The number of hydrogen-bond donors (Lipinski definition) is 0. The average molecular weight is 447 g/mol. The third kappa shape index (κ3) is 3.28. The van der Waals surface area contributed by atoms with Crippen LogP contribution >= 0.6 is 0 Å². The summed E-state index contributed by atoms with van der Waals surface area (Å²) in [7, 11) is -0.376. The van der Waals surface area contributed by atoms with Crippen LogP contribution in [0.2, 0.25) is 0 Å². The van der Waals surface area contributed by atoms with Crippen molar-refractivity contribution in [3.05, 3.63) is 85.0 Å². The molecular formula is C30H30BNO2. The molecule has 0 bridgehead atoms. The fourth-order valence-electron chi connectivity index (χ4n) is 5.10. The number of benzene rings is 3. The van der Waals surface area contributed by atoms with Gasteiger partial charge in [-0.15, -0.1) is 0 Å². The molecule has 2 heterocycles. The third-order valence-electron chi connectivity index (χ3n) is 7.66. The van der Waals surface area contributed by atoms with Gasteiger partial charge in [-0.3, -0.25) is 0 Å². The molecule has 4 heteroatoms. The summed E-state index contributed by atoms with van der Waals surface area (Å²) in [5, 5.41) is 2.47. The van der Waals surface area contributed by atoms with Crippen LogP contribution in [0.5, 0.6) is 0 Å². The van der Waals surface area contributed by atoms with Crippen LogP contribution in [0.15, 0.2) is 85.0 Å². The second-order valence-corrected chi connectivity index (χ2v) is 10.4. The molecule has 1 aromatic heterocycles. The molecule has 170 valence electrons. The molecule has 0 atom stereocenters. The summed E-state index contributed by atoms with van der Waals surface area (Å²) in [6, 6.07) is 24.0. The van der Waals surface area contributed by atoms with Crippen LogP contribution in [0.4, 0.5) is 0 Å². The molecule has 0 N–H and O–H groups in total. The van der Waals surface area contributed by atoms with Crippen LogP contribution < -0.4 is 5.46 Å². The number of aromatic nitrogens is 1. The average Bonchev–Trinajstić information content (AvgIpc) is 3.29. The zero-order valence-corrected chi connectivity index (χ0v) is 20.3. The molecule has 34 heavy (non-hydrogen) atoms. The van der Waals surface area contributed by atoms with Crippen molar-refractivity contribution in [3.8, 4) is 11.1 Å². The van der Waals surface area contributed by atoms with Crippen molar-refractivity contribution in [2.24, 2.45) is 0 Å². The molecule has 3 aromatic carbocycles. The van der Waals surface area contributed by atoms with Crippen molar-refractivity contribution >= 4 is 40.1 Å². The number of rotatable bonds is 3. The molecule has 0 radical (unpaired) electrons. The molecule has 2 aliphatic rings. The Morgan fingerprint density at radius 2 is 1.56 bits per heavy atom. The van der Waals surface area contributed by atoms with Gasteiger partial charge in [0.1, 0.15) is 0 Å². The highest BCUT2D eigenvalue weighted by Crippen LogP contribution is 2.40. The van der Waals surface area contributed by atoms with Crippen LogP contribution in [0, 0.1) is 0 Å². The van der Waals surface area contributed by atoms with Gasteiger partial charge < -0.3 is 13.9 Å². The minimum absolute atomic E-state index is 0.362. The largest absolute Gasteiger partial charge is 0.494 e. The quantitative estimate of drug-likeness (QED) is 0.317. The zero-order chi connectivity index (χ0) is 23.5. The first kappa shape index (κ1) is 21.5. The van der Waals surface area contributed by atoms with Crippen molar-refractivity contribution in [3.63, 3.8) is 0 Å². The number of nitrogens with zero attached hydrogens (tertiary/aromatic N) is 1. The van der Waals surface area contributed by atoms with Gasteiger partial charge >= 0.3 is 7.12 Å². The van der Waals surface area contributed by atoms with Gasteiger partial charge in [0.2, 0.25) is 0 Å². The lowest BCUT2D eigenvalue weighted by molar-refractivity contribution is 0.00578. The summed E-state index contributed by atoms with van der Waals surface area (Å²) < 4.78 is 15.2. The SMILES string of the molecule is CC1(C)OB(c2ccc3c(c2)c2cccc(-c4ccccc4)c2n3C2=CCCC=C2)OC1(C)C. The molecule has 0 unspecified atom stereocenters. The summed E-state index contributed by atoms with van der Waals surface area (Å²) in [4.78, 5) is 0. The van der Waals surface area contributed by atoms with Gasteiger partial charge in [-0.1, -0.05) is 72.8 Å². The molecule has 3 nitrogen and oxygen atoms in total. The van der Waals surface area contributed by atoms with Crippen molar-refractivity contribution in [1.29, 1.82) is 0 Å². The van der Waals surface area contributed by atoms with E-state index in [0.717, 1.165) is 18.3 Å². The topological polar surface area (TPSA) is 23.4 Å². The van der Waals surface area contributed by atoms with Crippen LogP contribution in [0.3, 0.4) is 0 Å². The lowest BCUT2D eigenvalue weighted by Gasteiger charge is -2.32. The Kier molecular flexibility index (Phi) is 4.88. The van der Waals surface area contributed by atoms with Crippen LogP contribution in [0.25, 0.3) is 38.6 Å². The number of allylic oxidation sites excluding steroid dienone is 4. The summed E-state index contributed by atoms with van der Waals surface area (Å²) in [5.41, 5.74) is 6.48. The minimum Gasteiger partial charge on any atom is -0.399 e. The molecule has 1 saturated heterocycles. The molecule has 1 aliphatic carbocycles. The zero-order valence-electron chi connectivity index (χ0n) is 20.3. The predicted octanol–water partition coefficient (Wildman–Crippen LogP) is 6.95. The third-order valence-corrected chi connectivity index (χ3v) is 7.66. The van der Waals surface area contributed by atoms with Gasteiger partial charge in [0.05, 0.1) is 22.2 Å². The van der Waals surface area contributed by atoms with Crippen LogP contribution in [-0.2, 0) is 9.31 Å². The first-order chi connectivity index (χ1) is 16.4. The number of hydrogen-bond acceptors (Lipinski definition) is 2. The highest BCUT2D eigenvalue weighted by atomic mass is 16.7. The Hall–Kier alpha value is -3.08. The number of fused-ring (bicyclic) bond motifs is 3. The van der Waals surface area contributed by atoms with Crippen LogP contribution in [-0.4, -0.2) is 22.9 Å². The first-order valence-corrected chi connectivity index (χ1v) is 12.2. The smallest absolute Gasteiger partial charge is 0.399 e. The Morgan fingerprint density at radius 3 is 2.26 bits per heavy atom. The van der Waals surface area contributed by atoms with Gasteiger partial charge in [-0.25, -0.2) is 0 Å². The summed E-state index contributed by atoms with van der Waals surface area (Å²) >= 11 is 0. The molecule has 0 amide bonds. The van der Waals surface area contributed by atoms with Crippen molar-refractivity contribution < 1.29 is 9.31 Å². The summed E-state index contributed by atoms with van der Waals surface area (Å²) in [6.07, 6.45) is 9.04. The second-order valence-electron chi connectivity index (χ2n) is 10.4. The van der Waals surface area contributed by atoms with E-state index >= 15 is 0 Å². The first-order valence-electron chi connectivity index (χ1n) is 12.2. The predicted molar refractivity (Wildman–Crippen MR) is 143 cm³/mol. The monoisotopic (exact) mass is 447 g/mol. The molecule has 1 aliphatic heterocycles. The van der Waals surface area contributed by atoms with Crippen molar-refractivity contribution in [2.45, 2.75) is 51.7 Å². The highest BCUT2D eigenvalue weighted by molar-refractivity contribution is 6.62. The van der Waals surface area contributed by atoms with E-state index in [2.05, 4.69) is 117 Å². The Bertz CT molecular complexity index is 1440. The van der Waals surface area contributed by atoms with E-state index in [0.29, 0.717) is 0 Å². The molecule has 4 aromatic rings. The Balaban J connectivity index is 1.61. The maximum absolute atomic E-state index is 6.38. The Morgan fingerprint density at radius 1 is 0.794 bits per heavy atom. The van der Waals surface area contributed by atoms with Crippen molar-refractivity contribution in [2.75, 3.05) is 0 Å². The highest BCUT2D eigenvalue weighted by Gasteiger charge is 2.51. The fraction of sp³-hybridized carbons (Fsp3) is 0.267. The second kappa shape index (κ2) is 7.73. The number of para-hydroxylation sites is 1. The lowest BCUT2D eigenvalue weighted by Crippen LogP contribution is -2.41. The van der Waals surface area contributed by atoms with E-state index in [1.165, 1.54) is 38.6 Å². The summed E-state index contributed by atoms with van der Waals surface area (Å²) in [6.45, 7) is 8.41. The Labute approximate surface area is 201 Å². The molecule has 0 spiro atoms. The van der Waals surface area contributed by atoms with Gasteiger partial charge in [0, 0.05) is 22.0 Å². The fourth-order valence-corrected chi connectivity index (χ4v) is 5.10. The lowest BCUT2D eigenvalue weighted by atomic mass is 9.78. The maximum atomic E-state index is 6.38. The van der Waals surface area contributed by atoms with E-state index in [1.54, 1.807) is 0 Å². The molecule has 6 rings (SSSR count). The van der Waals surface area contributed by atoms with Crippen LogP contribution in [0.1, 0.15) is 40.5 Å². The molecule has 1 fully saturated rings. The molecular weight excluding hydrogens is 417 g/mol. The van der Waals surface area contributed by atoms with Gasteiger partial charge in [0.25, 0.3) is 0 Å². The van der Waals surface area contributed by atoms with E-state index < -0.39 is 0 Å². The van der Waals surface area contributed by atoms with Gasteiger partial charge in [-0.05, 0) is 63.7 Å². The minimum atomic E-state index is -0.376. The normalized spacial score (nSPS) is 19.2. The van der Waals surface area contributed by atoms with E-state index in [4.69, 9.17) is 9.31 Å². The summed E-state index contributed by atoms with van der Waals surface area (Å²) in [5.74, 6) is 0.